The minimum Gasteiger partial charge on any atom is -0.497 e. The molecule has 3 rings (SSSR count). The fourth-order valence-corrected chi connectivity index (χ4v) is 5.29. The largest absolute Gasteiger partial charge is 0.497 e. The SMILES string of the molecule is COc1ccc(NS(=O)(=O)c2ccc(NS(=O)(=O)c3ccc(OC)c(Cl)c3)cc2)c(OC)c1. The second kappa shape index (κ2) is 9.77. The van der Waals surface area contributed by atoms with E-state index in [-0.39, 0.29) is 31.9 Å². The van der Waals surface area contributed by atoms with Crippen molar-refractivity contribution in [3.63, 3.8) is 0 Å². The minimum atomic E-state index is -3.97. The van der Waals surface area contributed by atoms with Crippen LogP contribution in [0.25, 0.3) is 0 Å². The molecular formula is C21H21ClN2O7S2. The molecule has 33 heavy (non-hydrogen) atoms. The Morgan fingerprint density at radius 2 is 1.27 bits per heavy atom. The number of hydrogen-bond donors (Lipinski definition) is 2. The van der Waals surface area contributed by atoms with Gasteiger partial charge in [-0.25, -0.2) is 16.8 Å². The van der Waals surface area contributed by atoms with Crippen LogP contribution in [0.1, 0.15) is 0 Å². The van der Waals surface area contributed by atoms with E-state index in [0.29, 0.717) is 11.5 Å². The van der Waals surface area contributed by atoms with Gasteiger partial charge in [0.25, 0.3) is 20.0 Å². The smallest absolute Gasteiger partial charge is 0.262 e. The van der Waals surface area contributed by atoms with Crippen LogP contribution < -0.4 is 23.7 Å². The van der Waals surface area contributed by atoms with Gasteiger partial charge in [0.1, 0.15) is 17.2 Å². The molecule has 176 valence electrons. The molecule has 0 fully saturated rings. The summed E-state index contributed by atoms with van der Waals surface area (Å²) < 4.78 is 71.0. The first-order valence-corrected chi connectivity index (χ1v) is 12.7. The first-order chi connectivity index (χ1) is 15.6. The van der Waals surface area contributed by atoms with Crippen molar-refractivity contribution in [2.45, 2.75) is 9.79 Å². The predicted octanol–water partition coefficient (Wildman–Crippen LogP) is 3.97. The van der Waals surface area contributed by atoms with E-state index in [4.69, 9.17) is 25.8 Å². The van der Waals surface area contributed by atoms with Crippen molar-refractivity contribution < 1.29 is 31.0 Å². The first-order valence-electron chi connectivity index (χ1n) is 9.31. The zero-order valence-corrected chi connectivity index (χ0v) is 20.2. The van der Waals surface area contributed by atoms with Gasteiger partial charge in [-0.1, -0.05) is 11.6 Å². The molecule has 0 unspecified atom stereocenters. The minimum absolute atomic E-state index is 0.0711. The highest BCUT2D eigenvalue weighted by atomic mass is 35.5. The lowest BCUT2D eigenvalue weighted by Crippen LogP contribution is -2.15. The van der Waals surface area contributed by atoms with Gasteiger partial charge >= 0.3 is 0 Å². The zero-order valence-electron chi connectivity index (χ0n) is 17.8. The van der Waals surface area contributed by atoms with E-state index in [1.807, 2.05) is 0 Å². The van der Waals surface area contributed by atoms with E-state index in [2.05, 4.69) is 9.44 Å². The molecule has 0 saturated heterocycles. The van der Waals surface area contributed by atoms with Crippen molar-refractivity contribution in [3.05, 3.63) is 65.7 Å². The summed E-state index contributed by atoms with van der Waals surface area (Å²) in [7, 11) is -3.62. The number of methoxy groups -OCH3 is 3. The van der Waals surface area contributed by atoms with Gasteiger partial charge < -0.3 is 14.2 Å². The topological polar surface area (TPSA) is 120 Å². The Labute approximate surface area is 197 Å². The van der Waals surface area contributed by atoms with Crippen molar-refractivity contribution in [2.24, 2.45) is 0 Å². The molecular weight excluding hydrogens is 492 g/mol. The van der Waals surface area contributed by atoms with Gasteiger partial charge in [0, 0.05) is 11.8 Å². The third kappa shape index (κ3) is 5.62. The number of benzene rings is 3. The quantitative estimate of drug-likeness (QED) is 0.445. The standard InChI is InChI=1S/C21H21ClN2O7S2/c1-29-15-6-10-19(21(12-15)31-3)24-32(25,26)16-7-4-14(5-8-16)23-33(27,28)17-9-11-20(30-2)18(22)13-17/h4-13,23-24H,1-3H3. The van der Waals surface area contributed by atoms with Gasteiger partial charge in [0.2, 0.25) is 0 Å². The maximum Gasteiger partial charge on any atom is 0.262 e. The number of sulfonamides is 2. The Hall–Kier alpha value is -3.15. The molecule has 2 N–H and O–H groups in total. The van der Waals surface area contributed by atoms with E-state index < -0.39 is 20.0 Å². The van der Waals surface area contributed by atoms with Crippen LogP contribution in [-0.2, 0) is 20.0 Å². The average Bonchev–Trinajstić information content (AvgIpc) is 2.79. The van der Waals surface area contributed by atoms with Gasteiger partial charge in [-0.15, -0.1) is 0 Å². The maximum atomic E-state index is 12.8. The summed E-state index contributed by atoms with van der Waals surface area (Å²) in [4.78, 5) is -0.144. The Morgan fingerprint density at radius 3 is 1.85 bits per heavy atom. The normalized spacial score (nSPS) is 11.5. The Kier molecular flexibility index (Phi) is 7.25. The third-order valence-electron chi connectivity index (χ3n) is 4.50. The monoisotopic (exact) mass is 512 g/mol. The van der Waals surface area contributed by atoms with E-state index in [1.165, 1.54) is 69.9 Å². The van der Waals surface area contributed by atoms with Crippen molar-refractivity contribution in [1.29, 1.82) is 0 Å². The fourth-order valence-electron chi connectivity index (χ4n) is 2.82. The second-order valence-corrected chi connectivity index (χ2v) is 10.4. The van der Waals surface area contributed by atoms with E-state index in [1.54, 1.807) is 12.1 Å². The Bertz CT molecular complexity index is 1360. The fraction of sp³-hybridized carbons (Fsp3) is 0.143. The third-order valence-corrected chi connectivity index (χ3v) is 7.56. The number of halogens is 1. The molecule has 12 heteroatoms. The number of nitrogens with one attached hydrogen (secondary N) is 2. The number of hydrogen-bond acceptors (Lipinski definition) is 7. The zero-order chi connectivity index (χ0) is 24.2. The Balaban J connectivity index is 1.80. The summed E-state index contributed by atoms with van der Waals surface area (Å²) in [5.74, 6) is 1.12. The molecule has 0 spiro atoms. The van der Waals surface area contributed by atoms with Crippen LogP contribution in [0.4, 0.5) is 11.4 Å². The molecule has 0 aliphatic rings. The highest BCUT2D eigenvalue weighted by Gasteiger charge is 2.19. The molecule has 9 nitrogen and oxygen atoms in total. The van der Waals surface area contributed by atoms with Crippen molar-refractivity contribution in [2.75, 3.05) is 30.8 Å². The maximum absolute atomic E-state index is 12.8. The molecule has 3 aromatic rings. The molecule has 0 bridgehead atoms. The number of ether oxygens (including phenoxy) is 3. The van der Waals surface area contributed by atoms with Crippen LogP contribution in [-0.4, -0.2) is 38.2 Å². The number of rotatable bonds is 9. The van der Waals surface area contributed by atoms with Crippen LogP contribution in [0.5, 0.6) is 17.2 Å². The molecule has 3 aromatic carbocycles. The average molecular weight is 513 g/mol. The van der Waals surface area contributed by atoms with Gasteiger partial charge in [-0.2, -0.15) is 0 Å². The highest BCUT2D eigenvalue weighted by Crippen LogP contribution is 2.31. The summed E-state index contributed by atoms with van der Waals surface area (Å²) in [6.45, 7) is 0. The number of anilines is 2. The summed E-state index contributed by atoms with van der Waals surface area (Å²) in [5, 5.41) is 0.141. The lowest BCUT2D eigenvalue weighted by molar-refractivity contribution is 0.395. The Morgan fingerprint density at radius 1 is 0.667 bits per heavy atom. The molecule has 0 aromatic heterocycles. The molecule has 0 atom stereocenters. The van der Waals surface area contributed by atoms with Gasteiger partial charge in [-0.3, -0.25) is 9.44 Å². The van der Waals surface area contributed by atoms with Crippen LogP contribution in [0.15, 0.2) is 70.5 Å². The van der Waals surface area contributed by atoms with Gasteiger partial charge in [0.05, 0.1) is 41.8 Å². The lowest BCUT2D eigenvalue weighted by atomic mass is 10.3. The van der Waals surface area contributed by atoms with Crippen LogP contribution in [0, 0.1) is 0 Å². The molecule has 0 saturated carbocycles. The summed E-state index contributed by atoms with van der Waals surface area (Å²) in [5.41, 5.74) is 0.391. The summed E-state index contributed by atoms with van der Waals surface area (Å²) >= 11 is 6.01. The molecule has 0 heterocycles. The van der Waals surface area contributed by atoms with Crippen molar-refractivity contribution in [3.8, 4) is 17.2 Å². The molecule has 0 aliphatic carbocycles. The van der Waals surface area contributed by atoms with E-state index >= 15 is 0 Å². The van der Waals surface area contributed by atoms with E-state index in [9.17, 15) is 16.8 Å². The first kappa shape index (κ1) is 24.5. The van der Waals surface area contributed by atoms with Gasteiger partial charge in [0.15, 0.2) is 0 Å². The van der Waals surface area contributed by atoms with Crippen molar-refractivity contribution >= 4 is 43.0 Å². The molecule has 0 radical (unpaired) electrons. The highest BCUT2D eigenvalue weighted by molar-refractivity contribution is 7.93. The lowest BCUT2D eigenvalue weighted by Gasteiger charge is -2.14. The summed E-state index contributed by atoms with van der Waals surface area (Å²) in [6.07, 6.45) is 0. The van der Waals surface area contributed by atoms with E-state index in [0.717, 1.165) is 0 Å². The molecule has 0 aliphatic heterocycles. The second-order valence-electron chi connectivity index (χ2n) is 6.60. The predicted molar refractivity (Wildman–Crippen MR) is 126 cm³/mol. The summed E-state index contributed by atoms with van der Waals surface area (Å²) in [6, 6.07) is 13.9. The molecule has 0 amide bonds. The van der Waals surface area contributed by atoms with Crippen LogP contribution in [0.3, 0.4) is 0 Å². The van der Waals surface area contributed by atoms with Gasteiger partial charge in [-0.05, 0) is 54.6 Å². The van der Waals surface area contributed by atoms with Crippen molar-refractivity contribution in [1.82, 2.24) is 0 Å². The van der Waals surface area contributed by atoms with Crippen LogP contribution >= 0.6 is 11.6 Å². The van der Waals surface area contributed by atoms with Crippen LogP contribution in [0.2, 0.25) is 5.02 Å².